The largest absolute Gasteiger partial charge is 0.298 e. The summed E-state index contributed by atoms with van der Waals surface area (Å²) in [5.74, 6) is -1.51. The lowest BCUT2D eigenvalue weighted by molar-refractivity contribution is -0.385. The van der Waals surface area contributed by atoms with Gasteiger partial charge in [-0.15, -0.1) is 0 Å². The number of halogens is 2. The van der Waals surface area contributed by atoms with Crippen molar-refractivity contribution in [1.82, 2.24) is 4.98 Å². The summed E-state index contributed by atoms with van der Waals surface area (Å²) in [6.45, 7) is 0. The van der Waals surface area contributed by atoms with Crippen molar-refractivity contribution in [3.05, 3.63) is 49.7 Å². The topological polar surface area (TPSA) is 85.1 Å². The molecule has 0 radical (unpaired) electrons. The van der Waals surface area contributed by atoms with Crippen LogP contribution in [-0.2, 0) is 0 Å². The van der Waals surface area contributed by atoms with Crippen LogP contribution in [-0.4, -0.2) is 15.8 Å². The zero-order valence-electron chi connectivity index (χ0n) is 9.09. The molecule has 0 aliphatic heterocycles. The van der Waals surface area contributed by atoms with Crippen molar-refractivity contribution in [2.24, 2.45) is 0 Å². The number of carbonyl (C=O) groups excluding carboxylic acids is 1. The number of hydrogen-bond acceptors (Lipinski definition) is 5. The standard InChI is InChI=1S/C10H5BrFN3O3S/c11-8-4-13-10(19-8)14-9(16)6-3-5(12)1-2-7(6)15(17)18/h1-4H,(H,13,14,16). The van der Waals surface area contributed by atoms with Gasteiger partial charge in [-0.05, 0) is 28.1 Å². The number of nitrogens with zero attached hydrogens (tertiary/aromatic N) is 2. The maximum atomic E-state index is 13.1. The van der Waals surface area contributed by atoms with Crippen LogP contribution in [0, 0.1) is 15.9 Å². The Morgan fingerprint density at radius 1 is 1.53 bits per heavy atom. The third-order valence-corrected chi connectivity index (χ3v) is 3.49. The Morgan fingerprint density at radius 3 is 2.84 bits per heavy atom. The number of anilines is 1. The van der Waals surface area contributed by atoms with Crippen LogP contribution in [0.2, 0.25) is 0 Å². The molecule has 0 bridgehead atoms. The summed E-state index contributed by atoms with van der Waals surface area (Å²) >= 11 is 4.30. The van der Waals surface area contributed by atoms with Gasteiger partial charge in [-0.3, -0.25) is 20.2 Å². The zero-order chi connectivity index (χ0) is 14.0. The molecule has 1 N–H and O–H groups in total. The monoisotopic (exact) mass is 345 g/mol. The van der Waals surface area contributed by atoms with Crippen molar-refractivity contribution in [3.63, 3.8) is 0 Å². The number of nitro groups is 1. The van der Waals surface area contributed by atoms with Crippen LogP contribution in [0.1, 0.15) is 10.4 Å². The Labute approximate surface area is 118 Å². The van der Waals surface area contributed by atoms with Crippen molar-refractivity contribution in [2.45, 2.75) is 0 Å². The molecule has 9 heteroatoms. The van der Waals surface area contributed by atoms with Crippen LogP contribution in [0.5, 0.6) is 0 Å². The van der Waals surface area contributed by atoms with Gasteiger partial charge in [0, 0.05) is 6.07 Å². The lowest BCUT2D eigenvalue weighted by Crippen LogP contribution is -2.14. The van der Waals surface area contributed by atoms with Gasteiger partial charge in [0.1, 0.15) is 11.4 Å². The summed E-state index contributed by atoms with van der Waals surface area (Å²) < 4.78 is 13.8. The number of thiazole rings is 1. The maximum absolute atomic E-state index is 13.1. The molecule has 1 amide bonds. The molecule has 2 aromatic rings. The molecule has 0 aliphatic carbocycles. The quantitative estimate of drug-likeness (QED) is 0.683. The molecular formula is C10H5BrFN3O3S. The lowest BCUT2D eigenvalue weighted by atomic mass is 10.1. The first-order chi connectivity index (χ1) is 8.97. The molecule has 0 unspecified atom stereocenters. The van der Waals surface area contributed by atoms with Crippen molar-refractivity contribution < 1.29 is 14.1 Å². The Balaban J connectivity index is 2.32. The molecule has 2 rings (SSSR count). The molecule has 0 saturated carbocycles. The Morgan fingerprint density at radius 2 is 2.26 bits per heavy atom. The molecule has 1 heterocycles. The Bertz CT molecular complexity index is 661. The zero-order valence-corrected chi connectivity index (χ0v) is 11.5. The van der Waals surface area contributed by atoms with Gasteiger partial charge in [0.15, 0.2) is 5.13 Å². The first kappa shape index (κ1) is 13.6. The summed E-state index contributed by atoms with van der Waals surface area (Å²) in [6.07, 6.45) is 1.47. The average molecular weight is 346 g/mol. The number of hydrogen-bond donors (Lipinski definition) is 1. The highest BCUT2D eigenvalue weighted by atomic mass is 79.9. The highest BCUT2D eigenvalue weighted by Gasteiger charge is 2.21. The molecular weight excluding hydrogens is 341 g/mol. The molecule has 0 atom stereocenters. The number of amides is 1. The van der Waals surface area contributed by atoms with E-state index in [0.717, 1.165) is 29.5 Å². The van der Waals surface area contributed by atoms with Gasteiger partial charge in [0.2, 0.25) is 0 Å². The Kier molecular flexibility index (Phi) is 3.86. The van der Waals surface area contributed by atoms with E-state index in [0.29, 0.717) is 3.79 Å². The first-order valence-electron chi connectivity index (χ1n) is 4.84. The minimum Gasteiger partial charge on any atom is -0.298 e. The normalized spacial score (nSPS) is 10.2. The average Bonchev–Trinajstić information content (AvgIpc) is 2.74. The highest BCUT2D eigenvalue weighted by Crippen LogP contribution is 2.25. The van der Waals surface area contributed by atoms with Crippen molar-refractivity contribution >= 4 is 44.0 Å². The second-order valence-electron chi connectivity index (χ2n) is 3.34. The van der Waals surface area contributed by atoms with Gasteiger partial charge in [-0.1, -0.05) is 11.3 Å². The number of nitro benzene ring substituents is 1. The van der Waals surface area contributed by atoms with Crippen molar-refractivity contribution in [2.75, 3.05) is 5.32 Å². The summed E-state index contributed by atoms with van der Waals surface area (Å²) in [5.41, 5.74) is -0.814. The molecule has 6 nitrogen and oxygen atoms in total. The first-order valence-corrected chi connectivity index (χ1v) is 6.45. The molecule has 1 aromatic carbocycles. The van der Waals surface area contributed by atoms with Crippen LogP contribution < -0.4 is 5.32 Å². The van der Waals surface area contributed by atoms with E-state index in [1.165, 1.54) is 6.20 Å². The number of nitrogens with one attached hydrogen (secondary N) is 1. The van der Waals surface area contributed by atoms with Crippen LogP contribution in [0.25, 0.3) is 0 Å². The van der Waals surface area contributed by atoms with E-state index < -0.39 is 22.3 Å². The highest BCUT2D eigenvalue weighted by molar-refractivity contribution is 9.11. The van der Waals surface area contributed by atoms with E-state index in [1.807, 2.05) is 0 Å². The van der Waals surface area contributed by atoms with E-state index in [-0.39, 0.29) is 10.7 Å². The molecule has 0 spiro atoms. The summed E-state index contributed by atoms with van der Waals surface area (Å²) in [4.78, 5) is 25.8. The smallest absolute Gasteiger partial charge is 0.282 e. The molecule has 0 fully saturated rings. The minimum absolute atomic E-state index is 0.260. The van der Waals surface area contributed by atoms with Gasteiger partial charge in [0.25, 0.3) is 11.6 Å². The third kappa shape index (κ3) is 3.12. The van der Waals surface area contributed by atoms with Gasteiger partial charge < -0.3 is 0 Å². The Hall–Kier alpha value is -1.87. The van der Waals surface area contributed by atoms with Gasteiger partial charge in [-0.25, -0.2) is 9.37 Å². The van der Waals surface area contributed by atoms with Gasteiger partial charge in [-0.2, -0.15) is 0 Å². The summed E-state index contributed by atoms with van der Waals surface area (Å²) in [6, 6.07) is 2.69. The molecule has 98 valence electrons. The maximum Gasteiger partial charge on any atom is 0.282 e. The fourth-order valence-corrected chi connectivity index (χ4v) is 2.43. The SMILES string of the molecule is O=C(Nc1ncc(Br)s1)c1cc(F)ccc1[N+](=O)[O-]. The number of rotatable bonds is 3. The predicted molar refractivity (Wildman–Crippen MR) is 70.8 cm³/mol. The number of aromatic nitrogens is 1. The van der Waals surface area contributed by atoms with Gasteiger partial charge in [0.05, 0.1) is 14.9 Å². The predicted octanol–water partition coefficient (Wildman–Crippen LogP) is 3.21. The van der Waals surface area contributed by atoms with Crippen LogP contribution in [0.15, 0.2) is 28.2 Å². The molecule has 19 heavy (non-hydrogen) atoms. The van der Waals surface area contributed by atoms with Crippen LogP contribution >= 0.6 is 27.3 Å². The number of carbonyl (C=O) groups is 1. The van der Waals surface area contributed by atoms with Crippen LogP contribution in [0.3, 0.4) is 0 Å². The van der Waals surface area contributed by atoms with E-state index in [9.17, 15) is 19.3 Å². The van der Waals surface area contributed by atoms with Crippen molar-refractivity contribution in [1.29, 1.82) is 0 Å². The summed E-state index contributed by atoms with van der Waals surface area (Å²) in [7, 11) is 0. The van der Waals surface area contributed by atoms with Crippen LogP contribution in [0.4, 0.5) is 15.2 Å². The second-order valence-corrected chi connectivity index (χ2v) is 5.75. The minimum atomic E-state index is -0.784. The molecule has 1 aromatic heterocycles. The van der Waals surface area contributed by atoms with E-state index in [1.54, 1.807) is 0 Å². The molecule has 0 aliphatic rings. The summed E-state index contributed by atoms with van der Waals surface area (Å²) in [5, 5.41) is 13.4. The van der Waals surface area contributed by atoms with Gasteiger partial charge >= 0.3 is 0 Å². The fourth-order valence-electron chi connectivity index (χ4n) is 1.33. The number of benzene rings is 1. The van der Waals surface area contributed by atoms with E-state index in [2.05, 4.69) is 26.2 Å². The fraction of sp³-hybridized carbons (Fsp3) is 0. The second kappa shape index (κ2) is 5.41. The lowest BCUT2D eigenvalue weighted by Gasteiger charge is -2.03. The van der Waals surface area contributed by atoms with Crippen molar-refractivity contribution in [3.8, 4) is 0 Å². The molecule has 0 saturated heterocycles. The third-order valence-electron chi connectivity index (χ3n) is 2.10. The van der Waals surface area contributed by atoms with E-state index >= 15 is 0 Å². The van der Waals surface area contributed by atoms with E-state index in [4.69, 9.17) is 0 Å².